The van der Waals surface area contributed by atoms with Gasteiger partial charge in [0, 0.05) is 18.7 Å². The van der Waals surface area contributed by atoms with Crippen LogP contribution in [0.5, 0.6) is 11.5 Å². The highest BCUT2D eigenvalue weighted by molar-refractivity contribution is 7.91. The lowest BCUT2D eigenvalue weighted by Gasteiger charge is -2.12. The van der Waals surface area contributed by atoms with E-state index in [0.29, 0.717) is 31.9 Å². The summed E-state index contributed by atoms with van der Waals surface area (Å²) in [6, 6.07) is 7.57. The van der Waals surface area contributed by atoms with Crippen molar-refractivity contribution in [3.8, 4) is 11.5 Å². The van der Waals surface area contributed by atoms with Gasteiger partial charge in [-0.1, -0.05) is 6.07 Å². The molecule has 1 atom stereocenters. The van der Waals surface area contributed by atoms with E-state index in [-0.39, 0.29) is 11.8 Å². The van der Waals surface area contributed by atoms with Crippen LogP contribution in [0.2, 0.25) is 0 Å². The van der Waals surface area contributed by atoms with Crippen LogP contribution in [0.25, 0.3) is 0 Å². The fourth-order valence-corrected chi connectivity index (χ4v) is 3.92. The summed E-state index contributed by atoms with van der Waals surface area (Å²) >= 11 is 0. The van der Waals surface area contributed by atoms with Gasteiger partial charge in [-0.15, -0.1) is 0 Å². The molecule has 1 fully saturated rings. The van der Waals surface area contributed by atoms with E-state index < -0.39 is 9.84 Å². The standard InChI is InChI=1S/C14H21NO4S/c1-2-18-13-4-3-5-14(10-13)19-8-7-15-12-6-9-20(16,17)11-12/h3-5,10,12,15H,2,6-9,11H2,1H3. The number of rotatable bonds is 7. The molecule has 0 bridgehead atoms. The molecule has 1 aromatic carbocycles. The average molecular weight is 299 g/mol. The van der Waals surface area contributed by atoms with Crippen LogP contribution in [-0.4, -0.2) is 45.7 Å². The second-order valence-electron chi connectivity index (χ2n) is 4.81. The van der Waals surface area contributed by atoms with Crippen LogP contribution in [0.4, 0.5) is 0 Å². The number of ether oxygens (including phenoxy) is 2. The molecule has 112 valence electrons. The van der Waals surface area contributed by atoms with Crippen LogP contribution in [0.3, 0.4) is 0 Å². The highest BCUT2D eigenvalue weighted by atomic mass is 32.2. The van der Waals surface area contributed by atoms with E-state index in [1.54, 1.807) is 0 Å². The number of benzene rings is 1. The van der Waals surface area contributed by atoms with Crippen molar-refractivity contribution in [3.05, 3.63) is 24.3 Å². The molecule has 6 heteroatoms. The zero-order valence-corrected chi connectivity index (χ0v) is 12.5. The van der Waals surface area contributed by atoms with Gasteiger partial charge in [-0.2, -0.15) is 0 Å². The quantitative estimate of drug-likeness (QED) is 0.768. The Kier molecular flexibility index (Phi) is 5.25. The summed E-state index contributed by atoms with van der Waals surface area (Å²) in [5.74, 6) is 2.09. The molecule has 0 saturated carbocycles. The SMILES string of the molecule is CCOc1cccc(OCCNC2CCS(=O)(=O)C2)c1. The van der Waals surface area contributed by atoms with Crippen LogP contribution in [0, 0.1) is 0 Å². The fourth-order valence-electron chi connectivity index (χ4n) is 2.21. The second-order valence-corrected chi connectivity index (χ2v) is 7.04. The molecule has 0 radical (unpaired) electrons. The maximum atomic E-state index is 11.3. The van der Waals surface area contributed by atoms with Crippen LogP contribution >= 0.6 is 0 Å². The third-order valence-corrected chi connectivity index (χ3v) is 4.92. The number of hydrogen-bond donors (Lipinski definition) is 1. The first-order valence-electron chi connectivity index (χ1n) is 6.88. The van der Waals surface area contributed by atoms with Crippen molar-refractivity contribution in [2.75, 3.05) is 31.3 Å². The minimum atomic E-state index is -2.82. The zero-order chi connectivity index (χ0) is 14.4. The fraction of sp³-hybridized carbons (Fsp3) is 0.571. The third-order valence-electron chi connectivity index (χ3n) is 3.15. The smallest absolute Gasteiger partial charge is 0.151 e. The Labute approximate surface area is 120 Å². The highest BCUT2D eigenvalue weighted by Gasteiger charge is 2.26. The van der Waals surface area contributed by atoms with Crippen molar-refractivity contribution in [2.24, 2.45) is 0 Å². The lowest BCUT2D eigenvalue weighted by atomic mass is 10.3. The van der Waals surface area contributed by atoms with Crippen molar-refractivity contribution >= 4 is 9.84 Å². The van der Waals surface area contributed by atoms with E-state index in [1.165, 1.54) is 0 Å². The van der Waals surface area contributed by atoms with Crippen LogP contribution in [0.1, 0.15) is 13.3 Å². The molecule has 1 N–H and O–H groups in total. The largest absolute Gasteiger partial charge is 0.494 e. The van der Waals surface area contributed by atoms with Crippen molar-refractivity contribution in [1.82, 2.24) is 5.32 Å². The molecule has 2 rings (SSSR count). The van der Waals surface area contributed by atoms with E-state index in [1.807, 2.05) is 31.2 Å². The van der Waals surface area contributed by atoms with Crippen molar-refractivity contribution in [2.45, 2.75) is 19.4 Å². The molecule has 0 aromatic heterocycles. The van der Waals surface area contributed by atoms with E-state index in [4.69, 9.17) is 9.47 Å². The maximum Gasteiger partial charge on any atom is 0.151 e. The van der Waals surface area contributed by atoms with Gasteiger partial charge in [0.05, 0.1) is 18.1 Å². The van der Waals surface area contributed by atoms with E-state index in [9.17, 15) is 8.42 Å². The molecular weight excluding hydrogens is 278 g/mol. The lowest BCUT2D eigenvalue weighted by molar-refractivity contribution is 0.301. The van der Waals surface area contributed by atoms with Gasteiger partial charge in [0.1, 0.15) is 18.1 Å². The van der Waals surface area contributed by atoms with Gasteiger partial charge in [0.2, 0.25) is 0 Å². The lowest BCUT2D eigenvalue weighted by Crippen LogP contribution is -2.33. The summed E-state index contributed by atoms with van der Waals surface area (Å²) in [7, 11) is -2.82. The first-order chi connectivity index (χ1) is 9.59. The number of sulfone groups is 1. The summed E-state index contributed by atoms with van der Waals surface area (Å²) in [6.07, 6.45) is 0.697. The van der Waals surface area contributed by atoms with Gasteiger partial charge in [-0.05, 0) is 25.5 Å². The first-order valence-corrected chi connectivity index (χ1v) is 8.70. The summed E-state index contributed by atoms with van der Waals surface area (Å²) in [4.78, 5) is 0. The molecule has 1 aromatic rings. The molecule has 5 nitrogen and oxygen atoms in total. The summed E-state index contributed by atoms with van der Waals surface area (Å²) in [6.45, 7) is 3.71. The normalized spacial score (nSPS) is 20.8. The zero-order valence-electron chi connectivity index (χ0n) is 11.7. The Morgan fingerprint density at radius 1 is 1.30 bits per heavy atom. The van der Waals surface area contributed by atoms with Crippen molar-refractivity contribution in [3.63, 3.8) is 0 Å². The molecule has 20 heavy (non-hydrogen) atoms. The van der Waals surface area contributed by atoms with Crippen molar-refractivity contribution < 1.29 is 17.9 Å². The van der Waals surface area contributed by atoms with Crippen LogP contribution in [0.15, 0.2) is 24.3 Å². The van der Waals surface area contributed by atoms with E-state index in [0.717, 1.165) is 11.5 Å². The molecule has 1 unspecified atom stereocenters. The third kappa shape index (κ3) is 4.68. The predicted octanol–water partition coefficient (Wildman–Crippen LogP) is 1.24. The Morgan fingerprint density at radius 2 is 2.05 bits per heavy atom. The van der Waals surface area contributed by atoms with Gasteiger partial charge < -0.3 is 14.8 Å². The second kappa shape index (κ2) is 6.95. The molecular formula is C14H21NO4S. The minimum absolute atomic E-state index is 0.0679. The maximum absolute atomic E-state index is 11.3. The number of nitrogens with one attached hydrogen (secondary N) is 1. The Balaban J connectivity index is 1.69. The molecule has 1 aliphatic rings. The topological polar surface area (TPSA) is 64.6 Å². The van der Waals surface area contributed by atoms with E-state index in [2.05, 4.69) is 5.32 Å². The molecule has 0 amide bonds. The van der Waals surface area contributed by atoms with E-state index >= 15 is 0 Å². The monoisotopic (exact) mass is 299 g/mol. The van der Waals surface area contributed by atoms with Gasteiger partial charge >= 0.3 is 0 Å². The predicted molar refractivity (Wildman–Crippen MR) is 78.2 cm³/mol. The van der Waals surface area contributed by atoms with Gasteiger partial charge in [0.25, 0.3) is 0 Å². The Morgan fingerprint density at radius 3 is 2.70 bits per heavy atom. The van der Waals surface area contributed by atoms with Gasteiger partial charge in [-0.25, -0.2) is 8.42 Å². The minimum Gasteiger partial charge on any atom is -0.494 e. The van der Waals surface area contributed by atoms with Gasteiger partial charge in [0.15, 0.2) is 9.84 Å². The molecule has 1 saturated heterocycles. The Bertz CT molecular complexity index is 530. The van der Waals surface area contributed by atoms with Crippen LogP contribution in [-0.2, 0) is 9.84 Å². The first kappa shape index (κ1) is 15.1. The van der Waals surface area contributed by atoms with Crippen molar-refractivity contribution in [1.29, 1.82) is 0 Å². The Hall–Kier alpha value is -1.27. The number of hydrogen-bond acceptors (Lipinski definition) is 5. The highest BCUT2D eigenvalue weighted by Crippen LogP contribution is 2.19. The molecule has 0 spiro atoms. The molecule has 0 aliphatic carbocycles. The molecule has 1 aliphatic heterocycles. The average Bonchev–Trinajstić information content (AvgIpc) is 2.75. The van der Waals surface area contributed by atoms with Crippen LogP contribution < -0.4 is 14.8 Å². The van der Waals surface area contributed by atoms with Gasteiger partial charge in [-0.3, -0.25) is 0 Å². The molecule has 1 heterocycles. The summed E-state index contributed by atoms with van der Waals surface area (Å²) < 4.78 is 33.6. The summed E-state index contributed by atoms with van der Waals surface area (Å²) in [5.41, 5.74) is 0. The summed E-state index contributed by atoms with van der Waals surface area (Å²) in [5, 5.41) is 3.21.